The summed E-state index contributed by atoms with van der Waals surface area (Å²) < 4.78 is 13.2. The van der Waals surface area contributed by atoms with E-state index in [0.717, 1.165) is 6.42 Å². The van der Waals surface area contributed by atoms with Gasteiger partial charge >= 0.3 is 5.97 Å². The fourth-order valence-corrected chi connectivity index (χ4v) is 2.02. The summed E-state index contributed by atoms with van der Waals surface area (Å²) in [4.78, 5) is 22.7. The Balaban J connectivity index is 2.43. The number of hydrogen-bond acceptors (Lipinski definition) is 2. The van der Waals surface area contributed by atoms with Crippen LogP contribution in [0.4, 0.5) is 4.39 Å². The van der Waals surface area contributed by atoms with Crippen LogP contribution in [-0.4, -0.2) is 23.0 Å². The lowest BCUT2D eigenvalue weighted by molar-refractivity contribution is -0.141. The largest absolute Gasteiger partial charge is 0.481 e. The van der Waals surface area contributed by atoms with Gasteiger partial charge in [-0.1, -0.05) is 13.3 Å². The monoisotopic (exact) mass is 295 g/mol. The fraction of sp³-hybridized carbons (Fsp3) is 0.500. The first kappa shape index (κ1) is 17.1. The van der Waals surface area contributed by atoms with Crippen molar-refractivity contribution in [3.8, 4) is 0 Å². The van der Waals surface area contributed by atoms with Gasteiger partial charge < -0.3 is 10.4 Å². The number of aryl methyl sites for hydroxylation is 1. The average Bonchev–Trinajstić information content (AvgIpc) is 2.41. The lowest BCUT2D eigenvalue weighted by Crippen LogP contribution is -2.32. The van der Waals surface area contributed by atoms with Crippen molar-refractivity contribution in [2.75, 3.05) is 0 Å². The molecule has 1 aromatic rings. The van der Waals surface area contributed by atoms with E-state index in [1.165, 1.54) is 18.2 Å². The van der Waals surface area contributed by atoms with E-state index in [1.54, 1.807) is 13.8 Å². The molecular formula is C16H22FNO3. The summed E-state index contributed by atoms with van der Waals surface area (Å²) in [7, 11) is 0. The van der Waals surface area contributed by atoms with Crippen molar-refractivity contribution < 1.29 is 19.1 Å². The van der Waals surface area contributed by atoms with Crippen LogP contribution in [0.5, 0.6) is 0 Å². The zero-order valence-corrected chi connectivity index (χ0v) is 12.6. The number of rotatable bonds is 7. The molecule has 0 aliphatic carbocycles. The van der Waals surface area contributed by atoms with E-state index in [9.17, 15) is 14.0 Å². The predicted molar refractivity (Wildman–Crippen MR) is 78.7 cm³/mol. The summed E-state index contributed by atoms with van der Waals surface area (Å²) in [5.74, 6) is -1.74. The van der Waals surface area contributed by atoms with Crippen molar-refractivity contribution in [2.45, 2.75) is 46.1 Å². The molecule has 0 saturated heterocycles. The highest BCUT2D eigenvalue weighted by atomic mass is 19.1. The molecule has 0 bridgehead atoms. The SMILES string of the molecule is Cc1cc(C(=O)NC(C)CCCC(C)C(=O)O)ccc1F. The van der Waals surface area contributed by atoms with E-state index >= 15 is 0 Å². The zero-order chi connectivity index (χ0) is 16.0. The predicted octanol–water partition coefficient (Wildman–Crippen LogP) is 3.14. The minimum absolute atomic E-state index is 0.0520. The number of benzene rings is 1. The van der Waals surface area contributed by atoms with Gasteiger partial charge in [0, 0.05) is 11.6 Å². The molecule has 0 saturated carbocycles. The molecule has 2 unspecified atom stereocenters. The number of carboxylic acid groups (broad SMARTS) is 1. The average molecular weight is 295 g/mol. The summed E-state index contributed by atoms with van der Waals surface area (Å²) in [5.41, 5.74) is 0.866. The minimum Gasteiger partial charge on any atom is -0.481 e. The number of carboxylic acids is 1. The van der Waals surface area contributed by atoms with Crippen LogP contribution in [0, 0.1) is 18.7 Å². The Morgan fingerprint density at radius 3 is 2.52 bits per heavy atom. The Hall–Kier alpha value is -1.91. The van der Waals surface area contributed by atoms with E-state index in [1.807, 2.05) is 6.92 Å². The Kier molecular flexibility index (Phi) is 6.34. The van der Waals surface area contributed by atoms with Crippen LogP contribution >= 0.6 is 0 Å². The minimum atomic E-state index is -0.798. The second-order valence-electron chi connectivity index (χ2n) is 5.51. The number of aliphatic carboxylic acids is 1. The van der Waals surface area contributed by atoms with Crippen LogP contribution < -0.4 is 5.32 Å². The molecular weight excluding hydrogens is 273 g/mol. The second-order valence-corrected chi connectivity index (χ2v) is 5.51. The van der Waals surface area contributed by atoms with Gasteiger partial charge in [0.1, 0.15) is 5.82 Å². The van der Waals surface area contributed by atoms with Gasteiger partial charge in [-0.3, -0.25) is 9.59 Å². The Morgan fingerprint density at radius 2 is 1.95 bits per heavy atom. The molecule has 21 heavy (non-hydrogen) atoms. The molecule has 0 aromatic heterocycles. The fourth-order valence-electron chi connectivity index (χ4n) is 2.02. The summed E-state index contributed by atoms with van der Waals surface area (Å²) in [6, 6.07) is 4.20. The van der Waals surface area contributed by atoms with Gasteiger partial charge in [0.15, 0.2) is 0 Å². The van der Waals surface area contributed by atoms with Crippen molar-refractivity contribution in [1.29, 1.82) is 0 Å². The molecule has 0 heterocycles. The number of hydrogen-bond donors (Lipinski definition) is 2. The molecule has 4 nitrogen and oxygen atoms in total. The van der Waals surface area contributed by atoms with Crippen LogP contribution in [0.2, 0.25) is 0 Å². The molecule has 0 radical (unpaired) electrons. The number of carbonyl (C=O) groups is 2. The van der Waals surface area contributed by atoms with Crippen LogP contribution in [0.3, 0.4) is 0 Å². The molecule has 0 fully saturated rings. The van der Waals surface area contributed by atoms with Gasteiger partial charge in [0.05, 0.1) is 5.92 Å². The molecule has 0 spiro atoms. The third-order valence-corrected chi connectivity index (χ3v) is 3.49. The van der Waals surface area contributed by atoms with Gasteiger partial charge in [-0.25, -0.2) is 4.39 Å². The number of carbonyl (C=O) groups excluding carboxylic acids is 1. The topological polar surface area (TPSA) is 66.4 Å². The summed E-state index contributed by atoms with van der Waals surface area (Å²) >= 11 is 0. The van der Waals surface area contributed by atoms with Gasteiger partial charge in [-0.2, -0.15) is 0 Å². The molecule has 2 atom stereocenters. The molecule has 1 rings (SSSR count). The maximum absolute atomic E-state index is 13.2. The third kappa shape index (κ3) is 5.53. The van der Waals surface area contributed by atoms with Crippen molar-refractivity contribution in [3.63, 3.8) is 0 Å². The lowest BCUT2D eigenvalue weighted by atomic mass is 10.0. The van der Waals surface area contributed by atoms with Crippen LogP contribution in [-0.2, 0) is 4.79 Å². The van der Waals surface area contributed by atoms with Crippen molar-refractivity contribution >= 4 is 11.9 Å². The summed E-state index contributed by atoms with van der Waals surface area (Å²) in [5, 5.41) is 11.6. The molecule has 1 amide bonds. The number of halogens is 1. The Morgan fingerprint density at radius 1 is 1.29 bits per heavy atom. The highest BCUT2D eigenvalue weighted by molar-refractivity contribution is 5.94. The molecule has 5 heteroatoms. The van der Waals surface area contributed by atoms with Crippen LogP contribution in [0.25, 0.3) is 0 Å². The second kappa shape index (κ2) is 7.76. The first-order valence-electron chi connectivity index (χ1n) is 7.11. The van der Waals surface area contributed by atoms with Crippen molar-refractivity contribution in [3.05, 3.63) is 35.1 Å². The maximum atomic E-state index is 13.2. The maximum Gasteiger partial charge on any atom is 0.306 e. The summed E-state index contributed by atoms with van der Waals surface area (Å²) in [6.07, 6.45) is 2.03. The highest BCUT2D eigenvalue weighted by Crippen LogP contribution is 2.12. The van der Waals surface area contributed by atoms with Crippen LogP contribution in [0.15, 0.2) is 18.2 Å². The molecule has 1 aromatic carbocycles. The quantitative estimate of drug-likeness (QED) is 0.812. The normalized spacial score (nSPS) is 13.5. The molecule has 0 aliphatic heterocycles. The number of nitrogens with one attached hydrogen (secondary N) is 1. The van der Waals surface area contributed by atoms with E-state index in [2.05, 4.69) is 5.32 Å². The summed E-state index contributed by atoms with van der Waals surface area (Å²) in [6.45, 7) is 5.16. The van der Waals surface area contributed by atoms with Gasteiger partial charge in [-0.05, 0) is 50.5 Å². The van der Waals surface area contributed by atoms with Crippen LogP contribution in [0.1, 0.15) is 49.0 Å². The van der Waals surface area contributed by atoms with E-state index in [4.69, 9.17) is 5.11 Å². The lowest BCUT2D eigenvalue weighted by Gasteiger charge is -2.15. The Labute approximate surface area is 124 Å². The van der Waals surface area contributed by atoms with Crippen molar-refractivity contribution in [2.24, 2.45) is 5.92 Å². The van der Waals surface area contributed by atoms with Gasteiger partial charge in [0.25, 0.3) is 5.91 Å². The van der Waals surface area contributed by atoms with E-state index < -0.39 is 5.97 Å². The molecule has 2 N–H and O–H groups in total. The first-order valence-corrected chi connectivity index (χ1v) is 7.11. The zero-order valence-electron chi connectivity index (χ0n) is 12.6. The van der Waals surface area contributed by atoms with Gasteiger partial charge in [-0.15, -0.1) is 0 Å². The molecule has 116 valence electrons. The van der Waals surface area contributed by atoms with Crippen molar-refractivity contribution in [1.82, 2.24) is 5.32 Å². The Bertz CT molecular complexity index is 516. The standard InChI is InChI=1S/C16H22FNO3/c1-10(16(20)21)5-4-6-12(3)18-15(19)13-7-8-14(17)11(2)9-13/h7-10,12H,4-6H2,1-3H3,(H,18,19)(H,20,21). The number of amides is 1. The van der Waals surface area contributed by atoms with E-state index in [-0.39, 0.29) is 23.7 Å². The third-order valence-electron chi connectivity index (χ3n) is 3.49. The first-order chi connectivity index (χ1) is 9.81. The van der Waals surface area contributed by atoms with Gasteiger partial charge in [0.2, 0.25) is 0 Å². The molecule has 0 aliphatic rings. The highest BCUT2D eigenvalue weighted by Gasteiger charge is 2.13. The smallest absolute Gasteiger partial charge is 0.306 e. The van der Waals surface area contributed by atoms with E-state index in [0.29, 0.717) is 24.0 Å².